The van der Waals surface area contributed by atoms with Gasteiger partial charge in [0.2, 0.25) is 0 Å². The third-order valence-electron chi connectivity index (χ3n) is 3.21. The second kappa shape index (κ2) is 6.50. The molecule has 1 aromatic heterocycles. The Morgan fingerprint density at radius 2 is 2.00 bits per heavy atom. The summed E-state index contributed by atoms with van der Waals surface area (Å²) < 4.78 is 1.21. The van der Waals surface area contributed by atoms with E-state index in [1.54, 1.807) is 0 Å². The van der Waals surface area contributed by atoms with E-state index in [1.165, 1.54) is 25.4 Å². The molecule has 0 saturated carbocycles. The molecule has 0 amide bonds. The molecule has 1 heterocycles. The first-order valence-electron chi connectivity index (χ1n) is 6.17. The van der Waals surface area contributed by atoms with Crippen LogP contribution in [-0.2, 0) is 13.0 Å². The van der Waals surface area contributed by atoms with Gasteiger partial charge in [-0.3, -0.25) is 0 Å². The number of hydrogen-bond acceptors (Lipinski definition) is 2. The minimum atomic E-state index is 0.958. The highest BCUT2D eigenvalue weighted by Gasteiger charge is 2.01. The van der Waals surface area contributed by atoms with Crippen LogP contribution < -0.4 is 5.32 Å². The van der Waals surface area contributed by atoms with Crippen molar-refractivity contribution < 1.29 is 0 Å². The maximum atomic E-state index is 3.52. The molecule has 1 nitrogen and oxygen atoms in total. The zero-order valence-corrected chi connectivity index (χ0v) is 13.2. The summed E-state index contributed by atoms with van der Waals surface area (Å²) in [4.78, 5) is 1.43. The van der Waals surface area contributed by atoms with Crippen molar-refractivity contribution in [3.8, 4) is 0 Å². The van der Waals surface area contributed by atoms with E-state index >= 15 is 0 Å². The lowest BCUT2D eigenvalue weighted by atomic mass is 10.0. The topological polar surface area (TPSA) is 12.0 Å². The molecule has 0 fully saturated rings. The molecule has 0 radical (unpaired) electrons. The third-order valence-corrected chi connectivity index (χ3v) is 4.89. The first kappa shape index (κ1) is 13.8. The molecule has 0 bridgehead atoms. The van der Waals surface area contributed by atoms with Crippen molar-refractivity contribution in [1.29, 1.82) is 0 Å². The standard InChI is InChI=1S/C15H18BrNS/c1-11-4-3-5-13(12(11)2)10-17-9-8-14-6-7-15(16)18-14/h3-7,17H,8-10H2,1-2H3. The van der Waals surface area contributed by atoms with E-state index in [0.29, 0.717) is 0 Å². The normalized spacial score (nSPS) is 10.8. The fourth-order valence-electron chi connectivity index (χ4n) is 1.92. The fourth-order valence-corrected chi connectivity index (χ4v) is 3.41. The lowest BCUT2D eigenvalue weighted by Crippen LogP contribution is -2.17. The minimum Gasteiger partial charge on any atom is -0.312 e. The molecule has 2 aromatic rings. The fraction of sp³-hybridized carbons (Fsp3) is 0.333. The van der Waals surface area contributed by atoms with Crippen molar-refractivity contribution in [2.45, 2.75) is 26.8 Å². The van der Waals surface area contributed by atoms with Crippen LogP contribution in [0.3, 0.4) is 0 Å². The molecule has 0 saturated heterocycles. The number of benzene rings is 1. The summed E-state index contributed by atoms with van der Waals surface area (Å²) in [6, 6.07) is 10.8. The molecular weight excluding hydrogens is 306 g/mol. The molecule has 0 aliphatic carbocycles. The van der Waals surface area contributed by atoms with Gasteiger partial charge in [0.05, 0.1) is 3.79 Å². The van der Waals surface area contributed by atoms with Gasteiger partial charge in [-0.15, -0.1) is 11.3 Å². The van der Waals surface area contributed by atoms with Gasteiger partial charge >= 0.3 is 0 Å². The van der Waals surface area contributed by atoms with Crippen LogP contribution >= 0.6 is 27.3 Å². The van der Waals surface area contributed by atoms with Gasteiger partial charge in [-0.25, -0.2) is 0 Å². The van der Waals surface area contributed by atoms with E-state index in [-0.39, 0.29) is 0 Å². The Labute approximate surface area is 121 Å². The van der Waals surface area contributed by atoms with Gasteiger partial charge in [0, 0.05) is 18.0 Å². The lowest BCUT2D eigenvalue weighted by molar-refractivity contribution is 0.687. The minimum absolute atomic E-state index is 0.958. The molecular formula is C15H18BrNS. The third kappa shape index (κ3) is 3.67. The van der Waals surface area contributed by atoms with Gasteiger partial charge in [-0.2, -0.15) is 0 Å². The van der Waals surface area contributed by atoms with E-state index in [9.17, 15) is 0 Å². The SMILES string of the molecule is Cc1cccc(CNCCc2ccc(Br)s2)c1C. The van der Waals surface area contributed by atoms with Crippen LogP contribution in [0.4, 0.5) is 0 Å². The van der Waals surface area contributed by atoms with Gasteiger partial charge < -0.3 is 5.32 Å². The van der Waals surface area contributed by atoms with Crippen molar-refractivity contribution in [1.82, 2.24) is 5.32 Å². The van der Waals surface area contributed by atoms with E-state index < -0.39 is 0 Å². The number of halogens is 1. The number of aryl methyl sites for hydroxylation is 1. The van der Waals surface area contributed by atoms with E-state index in [1.807, 2.05) is 11.3 Å². The lowest BCUT2D eigenvalue weighted by Gasteiger charge is -2.09. The van der Waals surface area contributed by atoms with Crippen LogP contribution in [0.2, 0.25) is 0 Å². The quantitative estimate of drug-likeness (QED) is 0.801. The van der Waals surface area contributed by atoms with Crippen molar-refractivity contribution >= 4 is 27.3 Å². The van der Waals surface area contributed by atoms with E-state index in [0.717, 1.165) is 19.5 Å². The van der Waals surface area contributed by atoms with Crippen LogP contribution in [0.25, 0.3) is 0 Å². The Morgan fingerprint density at radius 3 is 2.72 bits per heavy atom. The molecule has 2 rings (SSSR count). The number of nitrogens with one attached hydrogen (secondary N) is 1. The van der Waals surface area contributed by atoms with Gasteiger partial charge in [-0.1, -0.05) is 18.2 Å². The van der Waals surface area contributed by atoms with Gasteiger partial charge in [-0.05, 0) is 65.0 Å². The number of rotatable bonds is 5. The van der Waals surface area contributed by atoms with Gasteiger partial charge in [0.25, 0.3) is 0 Å². The first-order valence-corrected chi connectivity index (χ1v) is 7.78. The molecule has 0 spiro atoms. The van der Waals surface area contributed by atoms with Crippen LogP contribution in [-0.4, -0.2) is 6.54 Å². The summed E-state index contributed by atoms with van der Waals surface area (Å²) in [5.41, 5.74) is 4.18. The van der Waals surface area contributed by atoms with Crippen molar-refractivity contribution in [3.63, 3.8) is 0 Å². The van der Waals surface area contributed by atoms with Crippen LogP contribution in [0.5, 0.6) is 0 Å². The summed E-state index contributed by atoms with van der Waals surface area (Å²) in [5, 5.41) is 3.52. The molecule has 3 heteroatoms. The molecule has 18 heavy (non-hydrogen) atoms. The molecule has 0 aliphatic rings. The summed E-state index contributed by atoms with van der Waals surface area (Å²) in [5.74, 6) is 0. The zero-order valence-electron chi connectivity index (χ0n) is 10.8. The highest BCUT2D eigenvalue weighted by Crippen LogP contribution is 2.22. The van der Waals surface area contributed by atoms with Gasteiger partial charge in [0.1, 0.15) is 0 Å². The average Bonchev–Trinajstić information content (AvgIpc) is 2.76. The Morgan fingerprint density at radius 1 is 1.17 bits per heavy atom. The predicted molar refractivity (Wildman–Crippen MR) is 83.3 cm³/mol. The highest BCUT2D eigenvalue weighted by atomic mass is 79.9. The Balaban J connectivity index is 1.80. The second-order valence-corrected chi connectivity index (χ2v) is 7.04. The highest BCUT2D eigenvalue weighted by molar-refractivity contribution is 9.11. The zero-order chi connectivity index (χ0) is 13.0. The van der Waals surface area contributed by atoms with Crippen molar-refractivity contribution in [2.24, 2.45) is 0 Å². The number of thiophene rings is 1. The largest absolute Gasteiger partial charge is 0.312 e. The van der Waals surface area contributed by atoms with Crippen molar-refractivity contribution in [3.05, 3.63) is 55.7 Å². The molecule has 1 N–H and O–H groups in total. The predicted octanol–water partition coefficient (Wildman–Crippen LogP) is 4.46. The van der Waals surface area contributed by atoms with E-state index in [4.69, 9.17) is 0 Å². The number of hydrogen-bond donors (Lipinski definition) is 1. The summed E-state index contributed by atoms with van der Waals surface area (Å²) in [7, 11) is 0. The molecule has 1 aromatic carbocycles. The second-order valence-electron chi connectivity index (χ2n) is 4.49. The van der Waals surface area contributed by atoms with Crippen LogP contribution in [0.1, 0.15) is 21.6 Å². The molecule has 0 aliphatic heterocycles. The maximum Gasteiger partial charge on any atom is 0.0701 e. The summed E-state index contributed by atoms with van der Waals surface area (Å²) >= 11 is 5.31. The Hall–Kier alpha value is -0.640. The van der Waals surface area contributed by atoms with Crippen LogP contribution in [0, 0.1) is 13.8 Å². The maximum absolute atomic E-state index is 3.52. The molecule has 96 valence electrons. The Bertz CT molecular complexity index is 519. The first-order chi connectivity index (χ1) is 8.66. The smallest absolute Gasteiger partial charge is 0.0701 e. The average molecular weight is 324 g/mol. The Kier molecular flexibility index (Phi) is 4.98. The molecule has 0 atom stereocenters. The summed E-state index contributed by atoms with van der Waals surface area (Å²) in [6.45, 7) is 6.35. The van der Waals surface area contributed by atoms with E-state index in [2.05, 4.69) is 65.4 Å². The monoisotopic (exact) mass is 323 g/mol. The summed E-state index contributed by atoms with van der Waals surface area (Å²) in [6.07, 6.45) is 1.10. The van der Waals surface area contributed by atoms with Crippen LogP contribution in [0.15, 0.2) is 34.1 Å². The van der Waals surface area contributed by atoms with Crippen molar-refractivity contribution in [2.75, 3.05) is 6.54 Å². The molecule has 0 unspecified atom stereocenters. The van der Waals surface area contributed by atoms with Gasteiger partial charge in [0.15, 0.2) is 0 Å².